The van der Waals surface area contributed by atoms with Gasteiger partial charge in [-0.05, 0) is 31.2 Å². The third-order valence-electron chi connectivity index (χ3n) is 2.64. The lowest BCUT2D eigenvalue weighted by atomic mass is 10.3. The molecule has 0 spiro atoms. The molecule has 0 aliphatic heterocycles. The Morgan fingerprint density at radius 2 is 1.74 bits per heavy atom. The largest absolute Gasteiger partial charge is 0.467 e. The van der Waals surface area contributed by atoms with E-state index in [9.17, 15) is 0 Å². The van der Waals surface area contributed by atoms with Crippen LogP contribution in [0.3, 0.4) is 0 Å². The maximum absolute atomic E-state index is 5.40. The summed E-state index contributed by atoms with van der Waals surface area (Å²) in [7, 11) is 0. The molecular formula is C13H13N3O2S. The van der Waals surface area contributed by atoms with E-state index >= 15 is 0 Å². The van der Waals surface area contributed by atoms with Crippen LogP contribution >= 0.6 is 11.5 Å². The quantitative estimate of drug-likeness (QED) is 0.715. The third kappa shape index (κ3) is 2.85. The Balaban J connectivity index is 1.82. The summed E-state index contributed by atoms with van der Waals surface area (Å²) < 4.78 is 15.0. The van der Waals surface area contributed by atoms with E-state index in [1.54, 1.807) is 12.5 Å². The number of aryl methyl sites for hydroxylation is 1. The van der Waals surface area contributed by atoms with Gasteiger partial charge in [-0.25, -0.2) is 4.98 Å². The molecule has 3 aromatic rings. The van der Waals surface area contributed by atoms with Gasteiger partial charge in [0.2, 0.25) is 5.13 Å². The van der Waals surface area contributed by atoms with Gasteiger partial charge in [0.15, 0.2) is 0 Å². The Morgan fingerprint density at radius 1 is 1.11 bits per heavy atom. The fraction of sp³-hybridized carbons (Fsp3) is 0.231. The highest BCUT2D eigenvalue weighted by atomic mass is 32.1. The molecule has 0 saturated heterocycles. The predicted octanol–water partition coefficient (Wildman–Crippen LogP) is 3.24. The first-order chi connectivity index (χ1) is 9.31. The van der Waals surface area contributed by atoms with E-state index in [1.807, 2.05) is 31.2 Å². The minimum absolute atomic E-state index is 0.641. The minimum Gasteiger partial charge on any atom is -0.467 e. The second-order valence-electron chi connectivity index (χ2n) is 4.14. The Morgan fingerprint density at radius 3 is 2.16 bits per heavy atom. The number of nitrogens with zero attached hydrogens (tertiary/aromatic N) is 3. The zero-order valence-corrected chi connectivity index (χ0v) is 11.3. The van der Waals surface area contributed by atoms with Gasteiger partial charge in [0.25, 0.3) is 0 Å². The third-order valence-corrected chi connectivity index (χ3v) is 3.51. The molecule has 0 fully saturated rings. The first kappa shape index (κ1) is 12.0. The van der Waals surface area contributed by atoms with Gasteiger partial charge in [-0.15, -0.1) is 0 Å². The van der Waals surface area contributed by atoms with Crippen molar-refractivity contribution in [1.29, 1.82) is 0 Å². The molecule has 0 unspecified atom stereocenters. The average Bonchev–Trinajstić information content (AvgIpc) is 3.09. The van der Waals surface area contributed by atoms with Crippen molar-refractivity contribution in [2.45, 2.75) is 20.0 Å². The van der Waals surface area contributed by atoms with Crippen molar-refractivity contribution in [3.63, 3.8) is 0 Å². The Kier molecular flexibility index (Phi) is 3.33. The minimum atomic E-state index is 0.641. The van der Waals surface area contributed by atoms with Gasteiger partial charge in [0.05, 0.1) is 25.6 Å². The van der Waals surface area contributed by atoms with Gasteiger partial charge >= 0.3 is 0 Å². The normalized spacial score (nSPS) is 10.8. The van der Waals surface area contributed by atoms with Crippen LogP contribution in [0.25, 0.3) is 0 Å². The number of rotatable bonds is 5. The van der Waals surface area contributed by atoms with Gasteiger partial charge in [0, 0.05) is 11.5 Å². The molecule has 0 bridgehead atoms. The van der Waals surface area contributed by atoms with Crippen molar-refractivity contribution < 1.29 is 8.83 Å². The monoisotopic (exact) mass is 275 g/mol. The Labute approximate surface area is 114 Å². The number of furan rings is 2. The highest BCUT2D eigenvalue weighted by Gasteiger charge is 2.15. The van der Waals surface area contributed by atoms with Crippen molar-refractivity contribution in [2.24, 2.45) is 0 Å². The van der Waals surface area contributed by atoms with E-state index in [2.05, 4.69) is 14.3 Å². The lowest BCUT2D eigenvalue weighted by Crippen LogP contribution is -2.21. The van der Waals surface area contributed by atoms with Crippen LogP contribution < -0.4 is 4.90 Å². The maximum Gasteiger partial charge on any atom is 0.206 e. The molecule has 3 aromatic heterocycles. The molecular weight excluding hydrogens is 262 g/mol. The predicted molar refractivity (Wildman–Crippen MR) is 71.9 cm³/mol. The van der Waals surface area contributed by atoms with Crippen LogP contribution in [0.4, 0.5) is 5.13 Å². The molecule has 0 radical (unpaired) electrons. The number of hydrogen-bond acceptors (Lipinski definition) is 6. The second kappa shape index (κ2) is 5.27. The number of hydrogen-bond donors (Lipinski definition) is 0. The van der Waals surface area contributed by atoms with Gasteiger partial charge < -0.3 is 13.7 Å². The Hall–Kier alpha value is -2.08. The zero-order valence-electron chi connectivity index (χ0n) is 10.4. The van der Waals surface area contributed by atoms with E-state index in [4.69, 9.17) is 8.83 Å². The average molecular weight is 275 g/mol. The Bertz CT molecular complexity index is 580. The number of anilines is 1. The highest BCUT2D eigenvalue weighted by Crippen LogP contribution is 2.22. The van der Waals surface area contributed by atoms with Gasteiger partial charge in [-0.2, -0.15) is 4.37 Å². The van der Waals surface area contributed by atoms with E-state index in [0.717, 1.165) is 22.5 Å². The van der Waals surface area contributed by atoms with E-state index < -0.39 is 0 Å². The summed E-state index contributed by atoms with van der Waals surface area (Å²) in [6.45, 7) is 3.17. The molecule has 19 heavy (non-hydrogen) atoms. The van der Waals surface area contributed by atoms with E-state index in [0.29, 0.717) is 13.1 Å². The molecule has 0 aromatic carbocycles. The van der Waals surface area contributed by atoms with Crippen molar-refractivity contribution in [2.75, 3.05) is 4.90 Å². The molecule has 0 atom stereocenters. The molecule has 0 amide bonds. The van der Waals surface area contributed by atoms with Gasteiger partial charge in [-0.1, -0.05) is 0 Å². The standard InChI is InChI=1S/C13H13N3O2S/c1-10-14-13(19-15-10)16(8-11-4-2-6-17-11)9-12-5-3-7-18-12/h2-7H,8-9H2,1H3. The molecule has 6 heteroatoms. The molecule has 3 rings (SSSR count). The molecule has 0 aliphatic carbocycles. The van der Waals surface area contributed by atoms with E-state index in [-0.39, 0.29) is 0 Å². The molecule has 98 valence electrons. The number of aromatic nitrogens is 2. The van der Waals surface area contributed by atoms with Crippen LogP contribution in [0.1, 0.15) is 17.3 Å². The summed E-state index contributed by atoms with van der Waals surface area (Å²) >= 11 is 1.38. The SMILES string of the molecule is Cc1nsc(N(Cc2ccco2)Cc2ccco2)n1. The van der Waals surface area contributed by atoms with Crippen molar-refractivity contribution in [3.05, 3.63) is 54.1 Å². The topological polar surface area (TPSA) is 55.3 Å². The van der Waals surface area contributed by atoms with Crippen LogP contribution in [0.15, 0.2) is 45.6 Å². The summed E-state index contributed by atoms with van der Waals surface area (Å²) in [5, 5.41) is 0.866. The lowest BCUT2D eigenvalue weighted by molar-refractivity contribution is 0.476. The molecule has 3 heterocycles. The highest BCUT2D eigenvalue weighted by molar-refractivity contribution is 7.09. The summed E-state index contributed by atoms with van der Waals surface area (Å²) in [6, 6.07) is 7.66. The van der Waals surface area contributed by atoms with Crippen molar-refractivity contribution in [3.8, 4) is 0 Å². The smallest absolute Gasteiger partial charge is 0.206 e. The summed E-state index contributed by atoms with van der Waals surface area (Å²) in [6.07, 6.45) is 3.34. The molecule has 5 nitrogen and oxygen atoms in total. The van der Waals surface area contributed by atoms with Crippen LogP contribution in [0, 0.1) is 6.92 Å². The summed E-state index contributed by atoms with van der Waals surface area (Å²) in [5.74, 6) is 2.56. The molecule has 0 saturated carbocycles. The van der Waals surface area contributed by atoms with Crippen LogP contribution in [-0.2, 0) is 13.1 Å². The maximum atomic E-state index is 5.40. The van der Waals surface area contributed by atoms with Gasteiger partial charge in [0.1, 0.15) is 17.3 Å². The summed E-state index contributed by atoms with van der Waals surface area (Å²) in [4.78, 5) is 6.51. The van der Waals surface area contributed by atoms with E-state index in [1.165, 1.54) is 11.5 Å². The second-order valence-corrected chi connectivity index (χ2v) is 4.87. The summed E-state index contributed by atoms with van der Waals surface area (Å²) in [5.41, 5.74) is 0. The van der Waals surface area contributed by atoms with Crippen LogP contribution in [0.2, 0.25) is 0 Å². The molecule has 0 N–H and O–H groups in total. The molecule has 0 aliphatic rings. The van der Waals surface area contributed by atoms with Crippen LogP contribution in [0.5, 0.6) is 0 Å². The van der Waals surface area contributed by atoms with Crippen molar-refractivity contribution in [1.82, 2.24) is 9.36 Å². The zero-order chi connectivity index (χ0) is 13.1. The van der Waals surface area contributed by atoms with Crippen molar-refractivity contribution >= 4 is 16.7 Å². The van der Waals surface area contributed by atoms with Gasteiger partial charge in [-0.3, -0.25) is 0 Å². The first-order valence-corrected chi connectivity index (χ1v) is 6.68. The lowest BCUT2D eigenvalue weighted by Gasteiger charge is -2.18. The fourth-order valence-corrected chi connectivity index (χ4v) is 2.46. The van der Waals surface area contributed by atoms with Crippen LogP contribution in [-0.4, -0.2) is 9.36 Å². The first-order valence-electron chi connectivity index (χ1n) is 5.91. The fourth-order valence-electron chi connectivity index (χ4n) is 1.79.